The van der Waals surface area contributed by atoms with Gasteiger partial charge in [0, 0.05) is 11.1 Å². The minimum absolute atomic E-state index is 0.0787. The molecule has 0 unspecified atom stereocenters. The van der Waals surface area contributed by atoms with Crippen LogP contribution >= 0.6 is 0 Å². The fourth-order valence-corrected chi connectivity index (χ4v) is 2.60. The minimum atomic E-state index is -0.0787. The molecule has 3 rings (SSSR count). The number of benzene rings is 2. The van der Waals surface area contributed by atoms with E-state index in [9.17, 15) is 4.79 Å². The molecule has 1 heterocycles. The summed E-state index contributed by atoms with van der Waals surface area (Å²) in [6, 6.07) is 14.3. The molecule has 0 atom stereocenters. The molecular formula is C21H24O6. The second kappa shape index (κ2) is 10.7. The van der Waals surface area contributed by atoms with Crippen LogP contribution in [0.15, 0.2) is 48.5 Å². The van der Waals surface area contributed by atoms with E-state index in [0.29, 0.717) is 75.5 Å². The normalized spacial score (nSPS) is 17.4. The van der Waals surface area contributed by atoms with Crippen molar-refractivity contribution in [2.24, 2.45) is 0 Å². The second-order valence-corrected chi connectivity index (χ2v) is 5.92. The van der Waals surface area contributed by atoms with Crippen molar-refractivity contribution in [1.29, 1.82) is 0 Å². The lowest BCUT2D eigenvalue weighted by Crippen LogP contribution is -2.14. The van der Waals surface area contributed by atoms with Gasteiger partial charge >= 0.3 is 0 Å². The molecule has 0 aromatic heterocycles. The minimum Gasteiger partial charge on any atom is -0.491 e. The van der Waals surface area contributed by atoms with Crippen molar-refractivity contribution in [3.05, 3.63) is 59.7 Å². The average molecular weight is 372 g/mol. The third-order valence-electron chi connectivity index (χ3n) is 3.93. The van der Waals surface area contributed by atoms with Gasteiger partial charge in [-0.15, -0.1) is 0 Å². The number of hydrogen-bond donors (Lipinski definition) is 0. The van der Waals surface area contributed by atoms with Crippen molar-refractivity contribution in [2.45, 2.75) is 0 Å². The van der Waals surface area contributed by atoms with E-state index in [-0.39, 0.29) is 5.78 Å². The van der Waals surface area contributed by atoms with Gasteiger partial charge in [0.05, 0.1) is 39.6 Å². The molecule has 1 aliphatic rings. The maximum absolute atomic E-state index is 12.8. The van der Waals surface area contributed by atoms with Gasteiger partial charge in [0.25, 0.3) is 0 Å². The molecule has 2 aromatic rings. The monoisotopic (exact) mass is 372 g/mol. The Hall–Kier alpha value is -2.41. The van der Waals surface area contributed by atoms with Gasteiger partial charge in [-0.05, 0) is 24.3 Å². The Morgan fingerprint density at radius 1 is 0.556 bits per heavy atom. The van der Waals surface area contributed by atoms with Crippen LogP contribution in [0.1, 0.15) is 15.9 Å². The van der Waals surface area contributed by atoms with Crippen LogP contribution in [0.25, 0.3) is 0 Å². The number of ketones is 1. The molecule has 1 aliphatic heterocycles. The quantitative estimate of drug-likeness (QED) is 0.709. The molecule has 6 heteroatoms. The predicted octanol–water partition coefficient (Wildman–Crippen LogP) is 2.74. The first-order valence-corrected chi connectivity index (χ1v) is 9.06. The van der Waals surface area contributed by atoms with Crippen LogP contribution in [0.4, 0.5) is 0 Å². The number of carbonyl (C=O) groups is 1. The zero-order chi connectivity index (χ0) is 18.7. The molecule has 0 N–H and O–H groups in total. The van der Waals surface area contributed by atoms with Gasteiger partial charge < -0.3 is 23.7 Å². The molecule has 144 valence electrons. The summed E-state index contributed by atoms with van der Waals surface area (Å²) in [6.07, 6.45) is 0. The van der Waals surface area contributed by atoms with Crippen LogP contribution in [-0.4, -0.2) is 58.6 Å². The summed E-state index contributed by atoms with van der Waals surface area (Å²) in [4.78, 5) is 12.8. The van der Waals surface area contributed by atoms with Gasteiger partial charge in [-0.2, -0.15) is 0 Å². The van der Waals surface area contributed by atoms with E-state index >= 15 is 0 Å². The van der Waals surface area contributed by atoms with E-state index < -0.39 is 0 Å². The zero-order valence-corrected chi connectivity index (χ0v) is 15.2. The molecule has 0 spiro atoms. The fraction of sp³-hybridized carbons (Fsp3) is 0.381. The van der Waals surface area contributed by atoms with E-state index in [2.05, 4.69) is 0 Å². The molecule has 0 amide bonds. The second-order valence-electron chi connectivity index (χ2n) is 5.92. The molecule has 0 aliphatic carbocycles. The number of hydrogen-bond acceptors (Lipinski definition) is 6. The van der Waals surface area contributed by atoms with Gasteiger partial charge in [-0.1, -0.05) is 24.3 Å². The van der Waals surface area contributed by atoms with E-state index in [1.54, 1.807) is 36.4 Å². The first kappa shape index (κ1) is 19.4. The molecule has 0 saturated carbocycles. The summed E-state index contributed by atoms with van der Waals surface area (Å²) < 4.78 is 27.7. The standard InChI is InChI=1S/C21H24O6/c22-21-17-3-1-5-19(15-17)26-13-11-24-9-7-23-8-10-25-12-14-27-20-6-2-4-18(21)16-20/h1-6,15-16H,7-14H2. The van der Waals surface area contributed by atoms with Gasteiger partial charge in [-0.25, -0.2) is 0 Å². The van der Waals surface area contributed by atoms with Crippen molar-refractivity contribution in [1.82, 2.24) is 0 Å². The summed E-state index contributed by atoms with van der Waals surface area (Å²) >= 11 is 0. The number of rotatable bonds is 0. The van der Waals surface area contributed by atoms with Crippen LogP contribution in [0.3, 0.4) is 0 Å². The largest absolute Gasteiger partial charge is 0.491 e. The lowest BCUT2D eigenvalue weighted by atomic mass is 10.0. The summed E-state index contributed by atoms with van der Waals surface area (Å²) in [5, 5.41) is 0. The van der Waals surface area contributed by atoms with Crippen LogP contribution in [0.2, 0.25) is 0 Å². The predicted molar refractivity (Wildman–Crippen MR) is 99.8 cm³/mol. The zero-order valence-electron chi connectivity index (χ0n) is 15.2. The summed E-state index contributed by atoms with van der Waals surface area (Å²) in [5.74, 6) is 1.20. The van der Waals surface area contributed by atoms with E-state index in [0.717, 1.165) is 0 Å². The van der Waals surface area contributed by atoms with Gasteiger partial charge in [0.2, 0.25) is 0 Å². The molecule has 6 nitrogen and oxygen atoms in total. The topological polar surface area (TPSA) is 63.2 Å². The highest BCUT2D eigenvalue weighted by molar-refractivity contribution is 6.09. The van der Waals surface area contributed by atoms with Crippen molar-refractivity contribution < 1.29 is 28.5 Å². The maximum Gasteiger partial charge on any atom is 0.193 e. The SMILES string of the molecule is O=C1c2cccc(c2)OCCOCCOCCOCCOc2cccc1c2. The van der Waals surface area contributed by atoms with E-state index in [1.807, 2.05) is 12.1 Å². The van der Waals surface area contributed by atoms with E-state index in [4.69, 9.17) is 23.7 Å². The molecule has 0 radical (unpaired) electrons. The highest BCUT2D eigenvalue weighted by Gasteiger charge is 2.11. The van der Waals surface area contributed by atoms with Crippen LogP contribution in [0.5, 0.6) is 11.5 Å². The Balaban J connectivity index is 1.71. The molecule has 0 fully saturated rings. The van der Waals surface area contributed by atoms with Crippen molar-refractivity contribution in [3.63, 3.8) is 0 Å². The van der Waals surface area contributed by atoms with Crippen molar-refractivity contribution in [3.8, 4) is 11.5 Å². The van der Waals surface area contributed by atoms with Crippen molar-refractivity contribution >= 4 is 5.78 Å². The summed E-state index contributed by atoms with van der Waals surface area (Å²) in [6.45, 7) is 3.75. The Bertz CT molecular complexity index is 671. The third-order valence-corrected chi connectivity index (χ3v) is 3.93. The molecular weight excluding hydrogens is 348 g/mol. The third kappa shape index (κ3) is 6.36. The number of carbonyl (C=O) groups excluding carboxylic acids is 1. The molecule has 2 aromatic carbocycles. The summed E-state index contributed by atoms with van der Waals surface area (Å²) in [7, 11) is 0. The van der Waals surface area contributed by atoms with E-state index in [1.165, 1.54) is 0 Å². The van der Waals surface area contributed by atoms with Crippen LogP contribution in [0, 0.1) is 0 Å². The Labute approximate surface area is 158 Å². The van der Waals surface area contributed by atoms with Gasteiger partial charge in [-0.3, -0.25) is 4.79 Å². The summed E-state index contributed by atoms with van der Waals surface area (Å²) in [5.41, 5.74) is 1.13. The lowest BCUT2D eigenvalue weighted by Gasteiger charge is -2.11. The highest BCUT2D eigenvalue weighted by atomic mass is 16.6. The highest BCUT2D eigenvalue weighted by Crippen LogP contribution is 2.20. The Kier molecular flexibility index (Phi) is 7.65. The maximum atomic E-state index is 12.8. The first-order chi connectivity index (χ1) is 13.3. The van der Waals surface area contributed by atoms with Crippen LogP contribution < -0.4 is 9.47 Å². The first-order valence-electron chi connectivity index (χ1n) is 9.06. The van der Waals surface area contributed by atoms with Gasteiger partial charge in [0.15, 0.2) is 5.78 Å². The molecule has 27 heavy (non-hydrogen) atoms. The van der Waals surface area contributed by atoms with Crippen LogP contribution in [-0.2, 0) is 14.2 Å². The Morgan fingerprint density at radius 3 is 1.41 bits per heavy atom. The van der Waals surface area contributed by atoms with Crippen molar-refractivity contribution in [2.75, 3.05) is 52.9 Å². The average Bonchev–Trinajstić information content (AvgIpc) is 2.70. The Morgan fingerprint density at radius 2 is 0.963 bits per heavy atom. The fourth-order valence-electron chi connectivity index (χ4n) is 2.60. The number of ether oxygens (including phenoxy) is 5. The lowest BCUT2D eigenvalue weighted by molar-refractivity contribution is 0.00498. The smallest absolute Gasteiger partial charge is 0.193 e. The van der Waals surface area contributed by atoms with Gasteiger partial charge in [0.1, 0.15) is 24.7 Å². The molecule has 4 bridgehead atoms. The number of fused-ring (bicyclic) bond motifs is 4. The molecule has 0 saturated heterocycles.